The van der Waals surface area contributed by atoms with Gasteiger partial charge in [0.15, 0.2) is 0 Å². The van der Waals surface area contributed by atoms with Crippen LogP contribution in [-0.4, -0.2) is 20.7 Å². The van der Waals surface area contributed by atoms with Gasteiger partial charge in [0, 0.05) is 25.7 Å². The van der Waals surface area contributed by atoms with Crippen molar-refractivity contribution in [1.82, 2.24) is 0 Å². The van der Waals surface area contributed by atoms with E-state index in [4.69, 9.17) is 10.00 Å². The van der Waals surface area contributed by atoms with E-state index in [1.54, 1.807) is 7.11 Å². The number of anilines is 1. The number of nitrogens with zero attached hydrogens (tertiary/aromatic N) is 2. The number of hydrogen-bond acceptors (Lipinski definition) is 3. The van der Waals surface area contributed by atoms with Gasteiger partial charge in [0.2, 0.25) is 0 Å². The van der Waals surface area contributed by atoms with Gasteiger partial charge in [0.25, 0.3) is 0 Å². The molecule has 0 atom stereocenters. The molecule has 0 fully saturated rings. The van der Waals surface area contributed by atoms with E-state index < -0.39 is 0 Å². The lowest BCUT2D eigenvalue weighted by Gasteiger charge is -2.19. The number of unbranched alkanes of at least 4 members (excludes halogenated alkanes) is 1. The molecule has 0 spiro atoms. The predicted molar refractivity (Wildman–Crippen MR) is 78.6 cm³/mol. The van der Waals surface area contributed by atoms with Crippen molar-refractivity contribution in [3.05, 3.63) is 36.4 Å². The van der Waals surface area contributed by atoms with Gasteiger partial charge in [-0.2, -0.15) is 5.26 Å². The average Bonchev–Trinajstić information content (AvgIpc) is 2.46. The van der Waals surface area contributed by atoms with Crippen molar-refractivity contribution < 1.29 is 4.74 Å². The fraction of sp³-hybridized carbons (Fsp3) is 0.312. The first-order valence-corrected chi connectivity index (χ1v) is 6.40. The molecule has 19 heavy (non-hydrogen) atoms. The summed E-state index contributed by atoms with van der Waals surface area (Å²) in [7, 11) is 3.74. The van der Waals surface area contributed by atoms with Gasteiger partial charge in [-0.15, -0.1) is 0 Å². The quantitative estimate of drug-likeness (QED) is 0.765. The van der Waals surface area contributed by atoms with Gasteiger partial charge < -0.3 is 9.64 Å². The van der Waals surface area contributed by atoms with Crippen molar-refractivity contribution in [1.29, 1.82) is 5.26 Å². The first kappa shape index (κ1) is 13.2. The Labute approximate surface area is 114 Å². The Morgan fingerprint density at radius 3 is 2.63 bits per heavy atom. The monoisotopic (exact) mass is 254 g/mol. The van der Waals surface area contributed by atoms with Crippen LogP contribution in [0.5, 0.6) is 5.75 Å². The van der Waals surface area contributed by atoms with Crippen molar-refractivity contribution in [3.63, 3.8) is 0 Å². The Morgan fingerprint density at radius 2 is 1.89 bits per heavy atom. The molecular weight excluding hydrogens is 236 g/mol. The van der Waals surface area contributed by atoms with E-state index in [9.17, 15) is 0 Å². The zero-order valence-electron chi connectivity index (χ0n) is 11.4. The molecule has 2 rings (SSSR count). The van der Waals surface area contributed by atoms with Crippen molar-refractivity contribution >= 4 is 16.5 Å². The maximum atomic E-state index is 8.56. The van der Waals surface area contributed by atoms with Crippen LogP contribution < -0.4 is 9.64 Å². The Bertz CT molecular complexity index is 601. The summed E-state index contributed by atoms with van der Waals surface area (Å²) in [5.74, 6) is 0.877. The minimum atomic E-state index is 0.606. The van der Waals surface area contributed by atoms with Crippen LogP contribution in [0.15, 0.2) is 36.4 Å². The molecule has 0 unspecified atom stereocenters. The minimum absolute atomic E-state index is 0.606. The number of rotatable bonds is 5. The summed E-state index contributed by atoms with van der Waals surface area (Å²) in [5.41, 5.74) is 1.18. The second-order valence-corrected chi connectivity index (χ2v) is 4.58. The normalized spacial score (nSPS) is 10.2. The molecule has 0 saturated carbocycles. The third-order valence-electron chi connectivity index (χ3n) is 3.25. The van der Waals surface area contributed by atoms with Crippen LogP contribution in [-0.2, 0) is 0 Å². The molecule has 0 bridgehead atoms. The highest BCUT2D eigenvalue weighted by Crippen LogP contribution is 2.25. The Kier molecular flexibility index (Phi) is 4.25. The van der Waals surface area contributed by atoms with Gasteiger partial charge in [-0.25, -0.2) is 0 Å². The topological polar surface area (TPSA) is 36.3 Å². The van der Waals surface area contributed by atoms with E-state index >= 15 is 0 Å². The van der Waals surface area contributed by atoms with Gasteiger partial charge in [0.1, 0.15) is 5.75 Å². The van der Waals surface area contributed by atoms with Crippen molar-refractivity contribution in [2.75, 3.05) is 25.6 Å². The van der Waals surface area contributed by atoms with E-state index in [-0.39, 0.29) is 0 Å². The predicted octanol–water partition coefficient (Wildman–Crippen LogP) is 3.59. The van der Waals surface area contributed by atoms with E-state index in [1.165, 1.54) is 16.5 Å². The standard InChI is InChI=1S/C16H18N2O/c1-18(10-4-3-9-17)15-7-5-14-12-16(19-2)8-6-13(14)11-15/h5-8,11-12H,3-4,10H2,1-2H3. The lowest BCUT2D eigenvalue weighted by molar-refractivity contribution is 0.415. The first-order valence-electron chi connectivity index (χ1n) is 6.40. The van der Waals surface area contributed by atoms with Crippen molar-refractivity contribution in [2.45, 2.75) is 12.8 Å². The molecule has 0 aromatic heterocycles. The molecule has 98 valence electrons. The molecule has 0 radical (unpaired) electrons. The molecule has 0 aliphatic carbocycles. The largest absolute Gasteiger partial charge is 0.497 e. The molecule has 0 aliphatic heterocycles. The molecule has 3 nitrogen and oxygen atoms in total. The number of hydrogen-bond donors (Lipinski definition) is 0. The molecule has 0 amide bonds. The van der Waals surface area contributed by atoms with Crippen LogP contribution in [0.3, 0.4) is 0 Å². The summed E-state index contributed by atoms with van der Waals surface area (Å²) >= 11 is 0. The SMILES string of the molecule is COc1ccc2cc(N(C)CCCC#N)ccc2c1. The zero-order chi connectivity index (χ0) is 13.7. The highest BCUT2D eigenvalue weighted by atomic mass is 16.5. The molecule has 3 heteroatoms. The van der Waals surface area contributed by atoms with Crippen molar-refractivity contribution in [3.8, 4) is 11.8 Å². The van der Waals surface area contributed by atoms with E-state index in [1.807, 2.05) is 12.1 Å². The molecule has 2 aromatic rings. The number of fused-ring (bicyclic) bond motifs is 1. The number of nitriles is 1. The number of ether oxygens (including phenoxy) is 1. The van der Waals surface area contributed by atoms with Gasteiger partial charge >= 0.3 is 0 Å². The molecule has 2 aromatic carbocycles. The Morgan fingerprint density at radius 1 is 1.16 bits per heavy atom. The van der Waals surface area contributed by atoms with Gasteiger partial charge in [-0.05, 0) is 41.5 Å². The van der Waals surface area contributed by atoms with Gasteiger partial charge in [-0.1, -0.05) is 12.1 Å². The van der Waals surface area contributed by atoms with Crippen LogP contribution >= 0.6 is 0 Å². The highest BCUT2D eigenvalue weighted by molar-refractivity contribution is 5.87. The number of methoxy groups -OCH3 is 1. The molecule has 0 N–H and O–H groups in total. The maximum absolute atomic E-state index is 8.56. The maximum Gasteiger partial charge on any atom is 0.119 e. The summed E-state index contributed by atoms with van der Waals surface area (Å²) in [6.45, 7) is 0.898. The molecular formula is C16H18N2O. The second-order valence-electron chi connectivity index (χ2n) is 4.58. The van der Waals surface area contributed by atoms with Crippen molar-refractivity contribution in [2.24, 2.45) is 0 Å². The van der Waals surface area contributed by atoms with Crippen LogP contribution in [0.2, 0.25) is 0 Å². The lowest BCUT2D eigenvalue weighted by atomic mass is 10.1. The van der Waals surface area contributed by atoms with Gasteiger partial charge in [-0.3, -0.25) is 0 Å². The average molecular weight is 254 g/mol. The fourth-order valence-corrected chi connectivity index (χ4v) is 2.10. The Hall–Kier alpha value is -2.21. The van der Waals surface area contributed by atoms with E-state index in [0.717, 1.165) is 18.7 Å². The van der Waals surface area contributed by atoms with E-state index in [0.29, 0.717) is 6.42 Å². The van der Waals surface area contributed by atoms with Crippen LogP contribution in [0.4, 0.5) is 5.69 Å². The van der Waals surface area contributed by atoms with Gasteiger partial charge in [0.05, 0.1) is 13.2 Å². The number of benzene rings is 2. The highest BCUT2D eigenvalue weighted by Gasteiger charge is 2.03. The zero-order valence-corrected chi connectivity index (χ0v) is 11.4. The summed E-state index contributed by atoms with van der Waals surface area (Å²) in [6, 6.07) is 14.6. The molecule has 0 aliphatic rings. The third kappa shape index (κ3) is 3.17. The molecule has 0 saturated heterocycles. The second kappa shape index (κ2) is 6.10. The molecule has 0 heterocycles. The van der Waals surface area contributed by atoms with E-state index in [2.05, 4.69) is 42.3 Å². The fourth-order valence-electron chi connectivity index (χ4n) is 2.10. The smallest absolute Gasteiger partial charge is 0.119 e. The first-order chi connectivity index (χ1) is 9.24. The summed E-state index contributed by atoms with van der Waals surface area (Å²) < 4.78 is 5.22. The van der Waals surface area contributed by atoms with Crippen LogP contribution in [0.25, 0.3) is 10.8 Å². The third-order valence-corrected chi connectivity index (χ3v) is 3.25. The van der Waals surface area contributed by atoms with Crippen LogP contribution in [0.1, 0.15) is 12.8 Å². The summed E-state index contributed by atoms with van der Waals surface area (Å²) in [6.07, 6.45) is 1.50. The minimum Gasteiger partial charge on any atom is -0.497 e. The van der Waals surface area contributed by atoms with Crippen LogP contribution in [0, 0.1) is 11.3 Å². The summed E-state index contributed by atoms with van der Waals surface area (Å²) in [5, 5.41) is 10.9. The lowest BCUT2D eigenvalue weighted by Crippen LogP contribution is -2.18. The Balaban J connectivity index is 2.19. The summed E-state index contributed by atoms with van der Waals surface area (Å²) in [4.78, 5) is 2.18.